The van der Waals surface area contributed by atoms with Crippen LogP contribution < -0.4 is 14.7 Å². The summed E-state index contributed by atoms with van der Waals surface area (Å²) in [5.41, 5.74) is 20.3. The molecule has 6 heteroatoms. The molecule has 0 aliphatic rings. The lowest BCUT2D eigenvalue weighted by molar-refractivity contribution is 0.672. The second-order valence-corrected chi connectivity index (χ2v) is 35.9. The number of hydrogen-bond acceptors (Lipinski definition) is 6. The van der Waals surface area contributed by atoms with E-state index in [2.05, 4.69) is 500 Å². The molecule has 0 bridgehead atoms. The minimum absolute atomic E-state index is 0.896. The van der Waals surface area contributed by atoms with Gasteiger partial charge in [0.2, 0.25) is 0 Å². The van der Waals surface area contributed by atoms with Gasteiger partial charge in [0.25, 0.3) is 0 Å². The Bertz CT molecular complexity index is 9970. The SMILES string of the molecule is c1ccc(-c2c(-c3ccc(N(c4cccc5ccccc45)c4cccc5ccc6c7ccccc7oc6c45)cc3)c3ccccc3c3ccccc23)cc1.c1ccc2c(N(c3cc4ccccc4c4ccccc34)c3cccc4ccc5c6ccccc6oc5c34)cccc2c1.c1ccc2c(N(c3ccc4c(ccc5ccccc54)c3)c3cccc4ccc5c6ccccc6oc5c34)cccc2c1. The maximum Gasteiger partial charge on any atom is 0.145 e. The lowest BCUT2D eigenvalue weighted by Crippen LogP contribution is -2.12. The lowest BCUT2D eigenvalue weighted by Gasteiger charge is -2.29. The average molecular weight is 1760 g/mol. The van der Waals surface area contributed by atoms with Gasteiger partial charge < -0.3 is 28.0 Å². The van der Waals surface area contributed by atoms with Crippen LogP contribution in [0.3, 0.4) is 0 Å². The molecule has 644 valence electrons. The minimum atomic E-state index is 0.896. The van der Waals surface area contributed by atoms with Gasteiger partial charge in [0.15, 0.2) is 0 Å². The molecule has 26 aromatic carbocycles. The summed E-state index contributed by atoms with van der Waals surface area (Å²) in [4.78, 5) is 7.27. The monoisotopic (exact) mass is 1760 g/mol. The van der Waals surface area contributed by atoms with Crippen molar-refractivity contribution in [2.45, 2.75) is 0 Å². The van der Waals surface area contributed by atoms with Crippen LogP contribution in [0.2, 0.25) is 0 Å². The number of nitrogens with zero attached hydrogens (tertiary/aromatic N) is 3. The second kappa shape index (κ2) is 32.8. The summed E-state index contributed by atoms with van der Waals surface area (Å²) in [5, 5.41) is 35.7. The van der Waals surface area contributed by atoms with Crippen molar-refractivity contribution in [3.8, 4) is 22.3 Å². The summed E-state index contributed by atoms with van der Waals surface area (Å²) in [6.07, 6.45) is 0. The Hall–Kier alpha value is -18.4. The number of hydrogen-bond donors (Lipinski definition) is 0. The van der Waals surface area contributed by atoms with Gasteiger partial charge in [0.05, 0.1) is 39.8 Å². The van der Waals surface area contributed by atoms with Gasteiger partial charge in [-0.3, -0.25) is 0 Å². The Morgan fingerprint density at radius 1 is 0.130 bits per heavy atom. The first-order valence-electron chi connectivity index (χ1n) is 47.2. The highest BCUT2D eigenvalue weighted by molar-refractivity contribution is 6.27. The van der Waals surface area contributed by atoms with Crippen LogP contribution in [0, 0.1) is 0 Å². The summed E-state index contributed by atoms with van der Waals surface area (Å²) < 4.78 is 20.0. The lowest BCUT2D eigenvalue weighted by atomic mass is 9.85. The fourth-order valence-corrected chi connectivity index (χ4v) is 22.1. The first-order valence-corrected chi connectivity index (χ1v) is 47.2. The molecule has 29 rings (SSSR count). The van der Waals surface area contributed by atoms with Crippen LogP contribution in [0.1, 0.15) is 0 Å². The van der Waals surface area contributed by atoms with Crippen molar-refractivity contribution in [2.75, 3.05) is 14.7 Å². The molecule has 0 amide bonds. The topological polar surface area (TPSA) is 49.1 Å². The van der Waals surface area contributed by atoms with Gasteiger partial charge in [-0.05, 0) is 217 Å². The molecule has 6 nitrogen and oxygen atoms in total. The van der Waals surface area contributed by atoms with Crippen molar-refractivity contribution >= 4 is 246 Å². The third-order valence-electron chi connectivity index (χ3n) is 28.2. The van der Waals surface area contributed by atoms with Crippen LogP contribution in [-0.2, 0) is 0 Å². The van der Waals surface area contributed by atoms with Crippen LogP contribution in [0.25, 0.3) is 217 Å². The molecule has 0 unspecified atom stereocenters. The van der Waals surface area contributed by atoms with Crippen LogP contribution in [0.15, 0.2) is 517 Å². The number of benzene rings is 26. The average Bonchev–Trinajstić information content (AvgIpc) is 1.57. The van der Waals surface area contributed by atoms with Crippen molar-refractivity contribution in [1.82, 2.24) is 0 Å². The zero-order chi connectivity index (χ0) is 90.8. The molecule has 3 heterocycles. The normalized spacial score (nSPS) is 11.8. The van der Waals surface area contributed by atoms with Crippen molar-refractivity contribution in [2.24, 2.45) is 0 Å². The highest BCUT2D eigenvalue weighted by Gasteiger charge is 2.29. The van der Waals surface area contributed by atoms with E-state index < -0.39 is 0 Å². The molecule has 0 aliphatic carbocycles. The van der Waals surface area contributed by atoms with E-state index in [9.17, 15) is 0 Å². The Morgan fingerprint density at radius 3 is 0.848 bits per heavy atom. The quantitative estimate of drug-likeness (QED) is 0.120. The van der Waals surface area contributed by atoms with E-state index in [1.165, 1.54) is 119 Å². The summed E-state index contributed by atoms with van der Waals surface area (Å²) in [5.74, 6) is 0. The van der Waals surface area contributed by atoms with Crippen LogP contribution >= 0.6 is 0 Å². The van der Waals surface area contributed by atoms with Crippen molar-refractivity contribution in [3.05, 3.63) is 504 Å². The van der Waals surface area contributed by atoms with E-state index in [1.54, 1.807) is 0 Å². The molecule has 0 spiro atoms. The summed E-state index contributed by atoms with van der Waals surface area (Å²) in [6.45, 7) is 0. The fourth-order valence-electron chi connectivity index (χ4n) is 22.1. The smallest absolute Gasteiger partial charge is 0.145 e. The van der Waals surface area contributed by atoms with Gasteiger partial charge in [-0.15, -0.1) is 0 Å². The van der Waals surface area contributed by atoms with E-state index in [1.807, 2.05) is 18.2 Å². The molecule has 3 aromatic heterocycles. The van der Waals surface area contributed by atoms with Crippen molar-refractivity contribution < 1.29 is 13.3 Å². The number of anilines is 9. The van der Waals surface area contributed by atoms with E-state index >= 15 is 0 Å². The molecule has 0 aliphatic heterocycles. The number of rotatable bonds is 11. The molecule has 0 saturated heterocycles. The number of fused-ring (bicyclic) bond motifs is 27. The fraction of sp³-hybridized carbons (Fsp3) is 0. The zero-order valence-corrected chi connectivity index (χ0v) is 75.0. The van der Waals surface area contributed by atoms with Crippen LogP contribution in [-0.4, -0.2) is 0 Å². The van der Waals surface area contributed by atoms with Gasteiger partial charge in [-0.2, -0.15) is 0 Å². The minimum Gasteiger partial charge on any atom is -0.455 e. The van der Waals surface area contributed by atoms with Gasteiger partial charge in [-0.25, -0.2) is 0 Å². The zero-order valence-electron chi connectivity index (χ0n) is 75.0. The predicted molar refractivity (Wildman–Crippen MR) is 586 cm³/mol. The maximum absolute atomic E-state index is 6.70. The number of furan rings is 3. The molecule has 0 fully saturated rings. The molecule has 0 N–H and O–H groups in total. The summed E-state index contributed by atoms with van der Waals surface area (Å²) in [6, 6.07) is 181. The second-order valence-electron chi connectivity index (χ2n) is 35.9. The first-order chi connectivity index (χ1) is 68.5. The van der Waals surface area contributed by atoms with Crippen molar-refractivity contribution in [3.63, 3.8) is 0 Å². The standard InChI is InChI=1S/C52H33NO.2C40H25NO/c1-2-15-35(16-3-1)49-43-23-8-6-20-40(43)41-21-7-9-24-44(41)50(49)37-28-31-38(32-29-37)53(46-25-12-17-34-14-4-5-19-39(34)46)47-26-13-18-36-30-33-45-42-22-10-11-27-48(42)54-52(45)51(36)47;1-4-16-30-26(11-1)13-9-20-35(30)41(37-25-28-12-2-3-15-29(28)31-17-5-6-18-32(31)37)36-21-10-14-27-23-24-34-33-19-7-8-22-38(33)42-40(34)39(27)36;1-3-13-31-27(10-1)19-20-29-25-30(22-24-32(29)31)41(36-16-7-11-26-9-2-4-14-33(26)36)37-17-8-12-28-21-23-35-34-15-5-6-18-38(34)42-40(35)39(28)37/h1-33H;2*1-25H. The van der Waals surface area contributed by atoms with Gasteiger partial charge in [0.1, 0.15) is 33.5 Å². The van der Waals surface area contributed by atoms with Crippen LogP contribution in [0.4, 0.5) is 51.2 Å². The van der Waals surface area contributed by atoms with Crippen molar-refractivity contribution in [1.29, 1.82) is 0 Å². The molecule has 0 radical (unpaired) electrons. The van der Waals surface area contributed by atoms with E-state index in [-0.39, 0.29) is 0 Å². The third-order valence-corrected chi connectivity index (χ3v) is 28.2. The molecular weight excluding hydrogens is 1680 g/mol. The molecular formula is C132H83N3O3. The first kappa shape index (κ1) is 79.4. The molecule has 138 heavy (non-hydrogen) atoms. The largest absolute Gasteiger partial charge is 0.455 e. The van der Waals surface area contributed by atoms with Crippen LogP contribution in [0.5, 0.6) is 0 Å². The highest BCUT2D eigenvalue weighted by Crippen LogP contribution is 2.54. The predicted octanol–water partition coefficient (Wildman–Crippen LogP) is 38.3. The third kappa shape index (κ3) is 13.1. The molecule has 29 aromatic rings. The Balaban J connectivity index is 0.000000106. The Labute approximate surface area is 794 Å². The molecule has 0 saturated carbocycles. The summed E-state index contributed by atoms with van der Waals surface area (Å²) in [7, 11) is 0. The van der Waals surface area contributed by atoms with E-state index in [0.717, 1.165) is 149 Å². The molecule has 0 atom stereocenters. The van der Waals surface area contributed by atoms with E-state index in [0.29, 0.717) is 0 Å². The number of para-hydroxylation sites is 3. The Morgan fingerprint density at radius 2 is 0.399 bits per heavy atom. The highest BCUT2D eigenvalue weighted by atomic mass is 16.3. The maximum atomic E-state index is 6.70. The van der Waals surface area contributed by atoms with Gasteiger partial charge in [0, 0.05) is 81.4 Å². The van der Waals surface area contributed by atoms with Gasteiger partial charge >= 0.3 is 0 Å². The Kier molecular flexibility index (Phi) is 18.9. The van der Waals surface area contributed by atoms with Gasteiger partial charge in [-0.1, -0.05) is 400 Å². The summed E-state index contributed by atoms with van der Waals surface area (Å²) >= 11 is 0. The van der Waals surface area contributed by atoms with E-state index in [4.69, 9.17) is 13.3 Å².